The summed E-state index contributed by atoms with van der Waals surface area (Å²) in [5, 5.41) is 13.0. The Bertz CT molecular complexity index is 677. The molecule has 1 heterocycles. The molecule has 2 aliphatic carbocycles. The molecule has 0 bridgehead atoms. The van der Waals surface area contributed by atoms with E-state index in [1.165, 1.54) is 26.2 Å². The van der Waals surface area contributed by atoms with E-state index in [1.807, 2.05) is 0 Å². The number of carbonyl (C=O) groups excluding carboxylic acids is 1. The molecule has 0 saturated heterocycles. The third kappa shape index (κ3) is 4.12. The molecule has 0 unspecified atom stereocenters. The lowest BCUT2D eigenvalue weighted by molar-refractivity contribution is -0.120. The molecule has 3 rings (SSSR count). The number of tetrazole rings is 1. The number of aromatic nitrogens is 4. The average Bonchev–Trinajstić information content (AvgIpc) is 3.32. The Morgan fingerprint density at radius 3 is 2.62 bits per heavy atom. The van der Waals surface area contributed by atoms with E-state index >= 15 is 0 Å². The third-order valence-electron chi connectivity index (χ3n) is 4.98. The van der Waals surface area contributed by atoms with Crippen molar-refractivity contribution in [2.45, 2.75) is 68.9 Å². The number of sulfone groups is 1. The van der Waals surface area contributed by atoms with Gasteiger partial charge in [0.1, 0.15) is 11.0 Å². The van der Waals surface area contributed by atoms with Gasteiger partial charge in [0, 0.05) is 6.54 Å². The number of nitrogens with one attached hydrogen (secondary N) is 1. The Labute approximate surface area is 142 Å². The topological polar surface area (TPSA) is 107 Å². The van der Waals surface area contributed by atoms with Crippen LogP contribution >= 0.6 is 0 Å². The number of hydrogen-bond donors (Lipinski definition) is 1. The lowest BCUT2D eigenvalue weighted by Gasteiger charge is -2.22. The molecule has 1 atom stereocenters. The summed E-state index contributed by atoms with van der Waals surface area (Å²) >= 11 is 0. The van der Waals surface area contributed by atoms with Gasteiger partial charge in [-0.15, -0.1) is 5.10 Å². The Kier molecular flexibility index (Phi) is 5.17. The standard InChI is InChI=1S/C15H25N5O3S/c1-11(15(21)16-9-12-5-3-2-4-6-12)24(22,23)10-14-17-18-19-20(14)13-7-8-13/h11-13H,2-10H2,1H3,(H,16,21)/t11-/m0/s1. The first-order valence-electron chi connectivity index (χ1n) is 8.73. The van der Waals surface area contributed by atoms with Gasteiger partial charge in [-0.1, -0.05) is 19.3 Å². The van der Waals surface area contributed by atoms with Crippen molar-refractivity contribution >= 4 is 15.7 Å². The van der Waals surface area contributed by atoms with Crippen molar-refractivity contribution in [2.24, 2.45) is 5.92 Å². The van der Waals surface area contributed by atoms with E-state index in [9.17, 15) is 13.2 Å². The van der Waals surface area contributed by atoms with E-state index < -0.39 is 21.0 Å². The molecule has 2 fully saturated rings. The van der Waals surface area contributed by atoms with Crippen LogP contribution in [-0.4, -0.2) is 46.3 Å². The number of hydrogen-bond acceptors (Lipinski definition) is 6. The molecule has 9 heteroatoms. The van der Waals surface area contributed by atoms with Crippen molar-refractivity contribution in [2.75, 3.05) is 6.54 Å². The van der Waals surface area contributed by atoms with Crippen LogP contribution in [0, 0.1) is 5.92 Å². The Hall–Kier alpha value is -1.51. The molecule has 134 valence electrons. The van der Waals surface area contributed by atoms with E-state index in [2.05, 4.69) is 20.8 Å². The molecule has 0 aromatic carbocycles. The van der Waals surface area contributed by atoms with Crippen molar-refractivity contribution in [1.29, 1.82) is 0 Å². The summed E-state index contributed by atoms with van der Waals surface area (Å²) in [6.07, 6.45) is 7.79. The fourth-order valence-corrected chi connectivity index (χ4v) is 4.37. The van der Waals surface area contributed by atoms with Gasteiger partial charge in [-0.05, 0) is 49.0 Å². The van der Waals surface area contributed by atoms with Crippen LogP contribution in [0.5, 0.6) is 0 Å². The summed E-state index contributed by atoms with van der Waals surface area (Å²) in [6, 6.07) is 0.209. The molecule has 0 aliphatic heterocycles. The maximum Gasteiger partial charge on any atom is 0.238 e. The average molecular weight is 355 g/mol. The Morgan fingerprint density at radius 2 is 1.96 bits per heavy atom. The zero-order chi connectivity index (χ0) is 17.2. The molecule has 1 aromatic heterocycles. The lowest BCUT2D eigenvalue weighted by Crippen LogP contribution is -2.41. The number of amides is 1. The van der Waals surface area contributed by atoms with Gasteiger partial charge >= 0.3 is 0 Å². The highest BCUT2D eigenvalue weighted by molar-refractivity contribution is 7.92. The van der Waals surface area contributed by atoms with Gasteiger partial charge in [0.15, 0.2) is 15.7 Å². The zero-order valence-corrected chi connectivity index (χ0v) is 14.8. The molecule has 1 aromatic rings. The van der Waals surface area contributed by atoms with Crippen LogP contribution in [0.3, 0.4) is 0 Å². The van der Waals surface area contributed by atoms with Crippen LogP contribution in [0.15, 0.2) is 0 Å². The van der Waals surface area contributed by atoms with Gasteiger partial charge in [-0.25, -0.2) is 13.1 Å². The number of nitrogens with zero attached hydrogens (tertiary/aromatic N) is 4. The molecule has 1 N–H and O–H groups in total. The summed E-state index contributed by atoms with van der Waals surface area (Å²) in [7, 11) is -3.64. The largest absolute Gasteiger partial charge is 0.355 e. The van der Waals surface area contributed by atoms with Crippen molar-refractivity contribution in [3.05, 3.63) is 5.82 Å². The second kappa shape index (κ2) is 7.16. The third-order valence-corrected chi connectivity index (χ3v) is 6.93. The van der Waals surface area contributed by atoms with Gasteiger partial charge in [0.2, 0.25) is 5.91 Å². The second-order valence-electron chi connectivity index (χ2n) is 6.97. The monoisotopic (exact) mass is 355 g/mol. The maximum atomic E-state index is 12.5. The van der Waals surface area contributed by atoms with E-state index in [4.69, 9.17) is 0 Å². The van der Waals surface area contributed by atoms with Crippen LogP contribution in [0.4, 0.5) is 0 Å². The van der Waals surface area contributed by atoms with Crippen LogP contribution < -0.4 is 5.32 Å². The number of rotatable bonds is 7. The molecule has 8 nitrogen and oxygen atoms in total. The first kappa shape index (κ1) is 17.3. The minimum atomic E-state index is -3.64. The predicted molar refractivity (Wildman–Crippen MR) is 87.8 cm³/mol. The van der Waals surface area contributed by atoms with E-state index in [0.717, 1.165) is 25.7 Å². The summed E-state index contributed by atoms with van der Waals surface area (Å²) in [5.41, 5.74) is 0. The van der Waals surface area contributed by atoms with E-state index in [0.29, 0.717) is 18.3 Å². The highest BCUT2D eigenvalue weighted by Gasteiger charge is 2.33. The minimum absolute atomic E-state index is 0.209. The summed E-state index contributed by atoms with van der Waals surface area (Å²) in [4.78, 5) is 12.2. The number of carbonyl (C=O) groups is 1. The Morgan fingerprint density at radius 1 is 1.25 bits per heavy atom. The van der Waals surface area contributed by atoms with Crippen LogP contribution in [0.25, 0.3) is 0 Å². The molecule has 0 radical (unpaired) electrons. The van der Waals surface area contributed by atoms with Crippen molar-refractivity contribution < 1.29 is 13.2 Å². The molecule has 24 heavy (non-hydrogen) atoms. The molecule has 2 saturated carbocycles. The first-order chi connectivity index (χ1) is 11.5. The van der Waals surface area contributed by atoms with Crippen LogP contribution in [-0.2, 0) is 20.4 Å². The highest BCUT2D eigenvalue weighted by Crippen LogP contribution is 2.34. The molecule has 1 amide bonds. The van der Waals surface area contributed by atoms with Crippen LogP contribution in [0.1, 0.15) is 63.7 Å². The fourth-order valence-electron chi connectivity index (χ4n) is 3.16. The van der Waals surface area contributed by atoms with E-state index in [-0.39, 0.29) is 11.8 Å². The van der Waals surface area contributed by atoms with Crippen LogP contribution in [0.2, 0.25) is 0 Å². The Balaban J connectivity index is 1.56. The molecular formula is C15H25N5O3S. The minimum Gasteiger partial charge on any atom is -0.355 e. The highest BCUT2D eigenvalue weighted by atomic mass is 32.2. The molecular weight excluding hydrogens is 330 g/mol. The quantitative estimate of drug-likeness (QED) is 0.782. The SMILES string of the molecule is C[C@@H](C(=O)NCC1CCCCC1)S(=O)(=O)Cc1nnnn1C1CC1. The predicted octanol–water partition coefficient (Wildman–Crippen LogP) is 1.01. The van der Waals surface area contributed by atoms with Crippen molar-refractivity contribution in [3.63, 3.8) is 0 Å². The zero-order valence-electron chi connectivity index (χ0n) is 14.0. The summed E-state index contributed by atoms with van der Waals surface area (Å²) in [6.45, 7) is 2.01. The summed E-state index contributed by atoms with van der Waals surface area (Å²) < 4.78 is 26.6. The van der Waals surface area contributed by atoms with Gasteiger partial charge in [-0.2, -0.15) is 0 Å². The van der Waals surface area contributed by atoms with Crippen molar-refractivity contribution in [3.8, 4) is 0 Å². The smallest absolute Gasteiger partial charge is 0.238 e. The molecule has 2 aliphatic rings. The fraction of sp³-hybridized carbons (Fsp3) is 0.867. The normalized spacial score (nSPS) is 20.7. The van der Waals surface area contributed by atoms with Crippen molar-refractivity contribution in [1.82, 2.24) is 25.5 Å². The van der Waals surface area contributed by atoms with E-state index in [1.54, 1.807) is 4.68 Å². The molecule has 0 spiro atoms. The van der Waals surface area contributed by atoms with Gasteiger partial charge in [0.05, 0.1) is 6.04 Å². The van der Waals surface area contributed by atoms with Gasteiger partial charge in [-0.3, -0.25) is 4.79 Å². The second-order valence-corrected chi connectivity index (χ2v) is 9.29. The maximum absolute atomic E-state index is 12.5. The first-order valence-corrected chi connectivity index (χ1v) is 10.4. The van der Waals surface area contributed by atoms with Gasteiger partial charge in [0.25, 0.3) is 0 Å². The van der Waals surface area contributed by atoms with Gasteiger partial charge < -0.3 is 5.32 Å². The lowest BCUT2D eigenvalue weighted by atomic mass is 9.89. The summed E-state index contributed by atoms with van der Waals surface area (Å²) in [5.74, 6) is 0.0735.